The molecule has 1 aliphatic carbocycles. The Kier molecular flexibility index (Phi) is 5.79. The first-order valence-corrected chi connectivity index (χ1v) is 6.37. The second kappa shape index (κ2) is 6.90. The predicted molar refractivity (Wildman–Crippen MR) is 66.7 cm³/mol. The fraction of sp³-hybridized carbons (Fsp3) is 0.857. The lowest BCUT2D eigenvalue weighted by Gasteiger charge is -2.18. The Hall–Kier alpha value is -0.480. The first-order chi connectivity index (χ1) is 7.24. The summed E-state index contributed by atoms with van der Waals surface area (Å²) in [5.74, 6) is 7.84. The van der Waals surface area contributed by atoms with Crippen LogP contribution in [0, 0.1) is 23.7 Å². The molecule has 1 rings (SSSR count). The van der Waals surface area contributed by atoms with Crippen LogP contribution in [0.2, 0.25) is 0 Å². The van der Waals surface area contributed by atoms with E-state index in [0.29, 0.717) is 0 Å². The number of nitrogens with one attached hydrogen (secondary N) is 1. The molecule has 0 saturated heterocycles. The molecule has 1 saturated carbocycles. The van der Waals surface area contributed by atoms with Gasteiger partial charge in [-0.3, -0.25) is 0 Å². The third-order valence-corrected chi connectivity index (χ3v) is 3.61. The summed E-state index contributed by atoms with van der Waals surface area (Å²) in [4.78, 5) is 0. The fourth-order valence-electron chi connectivity index (χ4n) is 2.48. The van der Waals surface area contributed by atoms with E-state index in [-0.39, 0.29) is 0 Å². The molecule has 0 amide bonds. The Morgan fingerprint density at radius 1 is 1.20 bits per heavy atom. The third kappa shape index (κ3) is 4.71. The average molecular weight is 207 g/mol. The van der Waals surface area contributed by atoms with Crippen LogP contribution >= 0.6 is 0 Å². The predicted octanol–water partition coefficient (Wildman–Crippen LogP) is 3.20. The Morgan fingerprint density at radius 3 is 2.67 bits per heavy atom. The highest BCUT2D eigenvalue weighted by atomic mass is 14.9. The van der Waals surface area contributed by atoms with E-state index in [1.807, 2.05) is 6.92 Å². The smallest absolute Gasteiger partial charge is 0.0578 e. The molecule has 1 nitrogen and oxygen atoms in total. The molecule has 0 aromatic carbocycles. The lowest BCUT2D eigenvalue weighted by Crippen LogP contribution is -2.28. The van der Waals surface area contributed by atoms with Crippen molar-refractivity contribution in [2.24, 2.45) is 11.8 Å². The highest BCUT2D eigenvalue weighted by molar-refractivity contribution is 4.97. The van der Waals surface area contributed by atoms with E-state index >= 15 is 0 Å². The van der Waals surface area contributed by atoms with E-state index in [1.165, 1.54) is 32.1 Å². The van der Waals surface area contributed by atoms with E-state index in [4.69, 9.17) is 0 Å². The molecule has 15 heavy (non-hydrogen) atoms. The van der Waals surface area contributed by atoms with E-state index < -0.39 is 0 Å². The van der Waals surface area contributed by atoms with E-state index in [2.05, 4.69) is 31.0 Å². The van der Waals surface area contributed by atoms with Gasteiger partial charge in [-0.1, -0.05) is 32.6 Å². The van der Waals surface area contributed by atoms with E-state index in [0.717, 1.165) is 24.4 Å². The Morgan fingerprint density at radius 2 is 2.00 bits per heavy atom. The highest BCUT2D eigenvalue weighted by Crippen LogP contribution is 2.28. The molecule has 0 aromatic heterocycles. The van der Waals surface area contributed by atoms with Crippen molar-refractivity contribution in [3.8, 4) is 11.8 Å². The first kappa shape index (κ1) is 12.6. The van der Waals surface area contributed by atoms with Crippen molar-refractivity contribution < 1.29 is 0 Å². The number of hydrogen-bond donors (Lipinski definition) is 1. The monoisotopic (exact) mass is 207 g/mol. The first-order valence-electron chi connectivity index (χ1n) is 6.37. The van der Waals surface area contributed by atoms with Crippen LogP contribution in [0.4, 0.5) is 0 Å². The number of rotatable bonds is 3. The summed E-state index contributed by atoms with van der Waals surface area (Å²) in [5, 5.41) is 3.55. The molecule has 0 bridgehead atoms. The van der Waals surface area contributed by atoms with Crippen molar-refractivity contribution in [3.63, 3.8) is 0 Å². The Bertz CT molecular complexity index is 221. The van der Waals surface area contributed by atoms with E-state index in [1.54, 1.807) is 0 Å². The van der Waals surface area contributed by atoms with Crippen molar-refractivity contribution >= 4 is 0 Å². The second-order valence-electron chi connectivity index (χ2n) is 5.02. The van der Waals surface area contributed by atoms with Gasteiger partial charge >= 0.3 is 0 Å². The van der Waals surface area contributed by atoms with Crippen molar-refractivity contribution in [1.29, 1.82) is 0 Å². The summed E-state index contributed by atoms with van der Waals surface area (Å²) < 4.78 is 0. The Balaban J connectivity index is 2.28. The van der Waals surface area contributed by atoms with Gasteiger partial charge in [0.25, 0.3) is 0 Å². The molecule has 0 aromatic rings. The zero-order valence-corrected chi connectivity index (χ0v) is 10.5. The molecule has 1 fully saturated rings. The van der Waals surface area contributed by atoms with Gasteiger partial charge in [-0.15, -0.1) is 5.92 Å². The summed E-state index contributed by atoms with van der Waals surface area (Å²) in [5.41, 5.74) is 0. The van der Waals surface area contributed by atoms with Gasteiger partial charge in [0.1, 0.15) is 0 Å². The topological polar surface area (TPSA) is 12.0 Å². The summed E-state index contributed by atoms with van der Waals surface area (Å²) in [6, 6.07) is 0.717. The average Bonchev–Trinajstić information content (AvgIpc) is 2.44. The van der Waals surface area contributed by atoms with Crippen LogP contribution in [0.1, 0.15) is 52.9 Å². The fourth-order valence-corrected chi connectivity index (χ4v) is 2.48. The van der Waals surface area contributed by atoms with Gasteiger partial charge in [-0.25, -0.2) is 0 Å². The molecule has 0 aliphatic heterocycles. The molecular formula is C14H25N. The largest absolute Gasteiger partial charge is 0.303 e. The maximum atomic E-state index is 3.55. The molecule has 0 heterocycles. The van der Waals surface area contributed by atoms with Gasteiger partial charge < -0.3 is 5.32 Å². The quantitative estimate of drug-likeness (QED) is 0.553. The maximum absolute atomic E-state index is 3.55. The zero-order chi connectivity index (χ0) is 11.1. The minimum atomic E-state index is 0.717. The van der Waals surface area contributed by atoms with Crippen LogP contribution in [-0.2, 0) is 0 Å². The zero-order valence-electron chi connectivity index (χ0n) is 10.5. The van der Waals surface area contributed by atoms with Crippen LogP contribution in [0.25, 0.3) is 0 Å². The van der Waals surface area contributed by atoms with Crippen LogP contribution in [-0.4, -0.2) is 12.6 Å². The van der Waals surface area contributed by atoms with Crippen LogP contribution in [0.5, 0.6) is 0 Å². The minimum absolute atomic E-state index is 0.717. The van der Waals surface area contributed by atoms with Gasteiger partial charge in [0.2, 0.25) is 0 Å². The highest BCUT2D eigenvalue weighted by Gasteiger charge is 2.20. The molecule has 1 aliphatic rings. The van der Waals surface area contributed by atoms with Crippen LogP contribution in [0.15, 0.2) is 0 Å². The standard InChI is InChI=1S/C14H25N/c1-4-5-11-15-14-8-6-7-13(9-10-14)12(2)3/h12-15H,6-11H2,1-3H3. The maximum Gasteiger partial charge on any atom is 0.0578 e. The summed E-state index contributed by atoms with van der Waals surface area (Å²) >= 11 is 0. The molecule has 0 spiro atoms. The molecule has 1 heteroatoms. The van der Waals surface area contributed by atoms with Crippen molar-refractivity contribution in [2.45, 2.75) is 58.9 Å². The SMILES string of the molecule is CC#CCNC1CCCC(C(C)C)CC1. The Labute approximate surface area is 95.0 Å². The normalized spacial score (nSPS) is 26.9. The van der Waals surface area contributed by atoms with Crippen LogP contribution in [0.3, 0.4) is 0 Å². The molecule has 2 atom stereocenters. The molecule has 86 valence electrons. The van der Waals surface area contributed by atoms with Crippen molar-refractivity contribution in [1.82, 2.24) is 5.32 Å². The number of hydrogen-bond acceptors (Lipinski definition) is 1. The van der Waals surface area contributed by atoms with Crippen LogP contribution < -0.4 is 5.32 Å². The molecular weight excluding hydrogens is 182 g/mol. The van der Waals surface area contributed by atoms with E-state index in [9.17, 15) is 0 Å². The minimum Gasteiger partial charge on any atom is -0.303 e. The van der Waals surface area contributed by atoms with Gasteiger partial charge in [-0.2, -0.15) is 0 Å². The second-order valence-corrected chi connectivity index (χ2v) is 5.02. The van der Waals surface area contributed by atoms with Crippen molar-refractivity contribution in [2.75, 3.05) is 6.54 Å². The summed E-state index contributed by atoms with van der Waals surface area (Å²) in [7, 11) is 0. The lowest BCUT2D eigenvalue weighted by atomic mass is 9.89. The summed E-state index contributed by atoms with van der Waals surface area (Å²) in [6.07, 6.45) is 6.90. The van der Waals surface area contributed by atoms with Gasteiger partial charge in [0, 0.05) is 6.04 Å². The van der Waals surface area contributed by atoms with Crippen molar-refractivity contribution in [3.05, 3.63) is 0 Å². The van der Waals surface area contributed by atoms with Gasteiger partial charge in [0.15, 0.2) is 0 Å². The van der Waals surface area contributed by atoms with Gasteiger partial charge in [-0.05, 0) is 38.0 Å². The molecule has 2 unspecified atom stereocenters. The lowest BCUT2D eigenvalue weighted by molar-refractivity contribution is 0.338. The third-order valence-electron chi connectivity index (χ3n) is 3.61. The summed E-state index contributed by atoms with van der Waals surface area (Å²) in [6.45, 7) is 7.50. The van der Waals surface area contributed by atoms with Gasteiger partial charge in [0.05, 0.1) is 6.54 Å². The molecule has 1 N–H and O–H groups in total. The molecule has 0 radical (unpaired) electrons.